The zero-order chi connectivity index (χ0) is 15.9. The fourth-order valence-corrected chi connectivity index (χ4v) is 3.06. The number of hydrogen-bond donors (Lipinski definition) is 2. The molecule has 1 saturated heterocycles. The van der Waals surface area contributed by atoms with E-state index in [1.165, 1.54) is 5.56 Å². The van der Waals surface area contributed by atoms with Crippen LogP contribution in [0, 0.1) is 11.8 Å². The fourth-order valence-electron chi connectivity index (χ4n) is 3.06. The van der Waals surface area contributed by atoms with Crippen molar-refractivity contribution in [3.05, 3.63) is 35.9 Å². The topological polar surface area (TPSA) is 64.4 Å². The van der Waals surface area contributed by atoms with Crippen LogP contribution in [0.15, 0.2) is 30.3 Å². The minimum absolute atomic E-state index is 0. The van der Waals surface area contributed by atoms with Gasteiger partial charge in [0.1, 0.15) is 0 Å². The molecule has 3 N–H and O–H groups in total. The van der Waals surface area contributed by atoms with E-state index in [2.05, 4.69) is 31.3 Å². The van der Waals surface area contributed by atoms with Crippen molar-refractivity contribution in [2.24, 2.45) is 17.6 Å². The van der Waals surface area contributed by atoms with Crippen molar-refractivity contribution in [3.63, 3.8) is 0 Å². The highest BCUT2D eigenvalue weighted by atomic mass is 35.5. The SMILES string of the molecule is CC(C)C(CNC(=O)C(N)C1CCOCC1)c1ccccc1.Cl. The third kappa shape index (κ3) is 5.79. The lowest BCUT2D eigenvalue weighted by Gasteiger charge is -2.28. The highest BCUT2D eigenvalue weighted by Crippen LogP contribution is 2.23. The van der Waals surface area contributed by atoms with Crippen LogP contribution in [0.4, 0.5) is 0 Å². The summed E-state index contributed by atoms with van der Waals surface area (Å²) in [6.07, 6.45) is 1.75. The third-order valence-electron chi connectivity index (χ3n) is 4.61. The molecule has 5 heteroatoms. The summed E-state index contributed by atoms with van der Waals surface area (Å²) >= 11 is 0. The molecule has 1 aliphatic rings. The molecule has 1 aromatic carbocycles. The van der Waals surface area contributed by atoms with Gasteiger partial charge in [0.05, 0.1) is 6.04 Å². The molecule has 1 aliphatic heterocycles. The van der Waals surface area contributed by atoms with Gasteiger partial charge in [0, 0.05) is 25.7 Å². The van der Waals surface area contributed by atoms with E-state index >= 15 is 0 Å². The molecule has 0 aromatic heterocycles. The van der Waals surface area contributed by atoms with Crippen LogP contribution in [0.1, 0.15) is 38.2 Å². The normalized spacial score (nSPS) is 18.1. The van der Waals surface area contributed by atoms with Gasteiger partial charge in [-0.25, -0.2) is 0 Å². The summed E-state index contributed by atoms with van der Waals surface area (Å²) in [5.41, 5.74) is 7.39. The molecule has 0 spiro atoms. The molecule has 130 valence electrons. The van der Waals surface area contributed by atoms with Crippen molar-refractivity contribution >= 4 is 18.3 Å². The lowest BCUT2D eigenvalue weighted by Crippen LogP contribution is -2.48. The number of nitrogens with two attached hydrogens (primary N) is 1. The molecule has 2 rings (SSSR count). The number of ether oxygens (including phenoxy) is 1. The van der Waals surface area contributed by atoms with Crippen LogP contribution < -0.4 is 11.1 Å². The van der Waals surface area contributed by atoms with Crippen molar-refractivity contribution in [2.75, 3.05) is 19.8 Å². The maximum absolute atomic E-state index is 12.3. The monoisotopic (exact) mass is 340 g/mol. The molecular weight excluding hydrogens is 312 g/mol. The molecule has 0 radical (unpaired) electrons. The first-order chi connectivity index (χ1) is 10.6. The van der Waals surface area contributed by atoms with Crippen LogP contribution in [0.3, 0.4) is 0 Å². The molecular formula is C18H29ClN2O2. The van der Waals surface area contributed by atoms with E-state index in [9.17, 15) is 4.79 Å². The van der Waals surface area contributed by atoms with Crippen LogP contribution >= 0.6 is 12.4 Å². The molecule has 4 nitrogen and oxygen atoms in total. The van der Waals surface area contributed by atoms with Gasteiger partial charge in [-0.1, -0.05) is 44.2 Å². The van der Waals surface area contributed by atoms with E-state index in [4.69, 9.17) is 10.5 Å². The average Bonchev–Trinajstić information content (AvgIpc) is 2.55. The number of hydrogen-bond acceptors (Lipinski definition) is 3. The first kappa shape index (κ1) is 19.9. The predicted molar refractivity (Wildman–Crippen MR) is 95.8 cm³/mol. The largest absolute Gasteiger partial charge is 0.381 e. The summed E-state index contributed by atoms with van der Waals surface area (Å²) in [5.74, 6) is 0.977. The molecule has 0 bridgehead atoms. The van der Waals surface area contributed by atoms with Gasteiger partial charge in [0.25, 0.3) is 0 Å². The third-order valence-corrected chi connectivity index (χ3v) is 4.61. The molecule has 1 amide bonds. The lowest BCUT2D eigenvalue weighted by molar-refractivity contribution is -0.124. The number of benzene rings is 1. The number of halogens is 1. The molecule has 1 aromatic rings. The van der Waals surface area contributed by atoms with Gasteiger partial charge in [-0.2, -0.15) is 0 Å². The van der Waals surface area contributed by atoms with E-state index in [-0.39, 0.29) is 24.2 Å². The Morgan fingerprint density at radius 1 is 1.26 bits per heavy atom. The van der Waals surface area contributed by atoms with Crippen molar-refractivity contribution in [1.29, 1.82) is 0 Å². The second kappa shape index (κ2) is 9.91. The van der Waals surface area contributed by atoms with E-state index < -0.39 is 6.04 Å². The zero-order valence-electron chi connectivity index (χ0n) is 14.0. The Kier molecular flexibility index (Phi) is 8.59. The number of amides is 1. The highest BCUT2D eigenvalue weighted by Gasteiger charge is 2.27. The Morgan fingerprint density at radius 2 is 1.87 bits per heavy atom. The zero-order valence-corrected chi connectivity index (χ0v) is 14.9. The van der Waals surface area contributed by atoms with E-state index in [1.807, 2.05) is 18.2 Å². The number of carbonyl (C=O) groups is 1. The summed E-state index contributed by atoms with van der Waals surface area (Å²) in [6, 6.07) is 9.92. The number of nitrogens with one attached hydrogen (secondary N) is 1. The number of carbonyl (C=O) groups excluding carboxylic acids is 1. The van der Waals surface area contributed by atoms with E-state index in [0.717, 1.165) is 12.8 Å². The molecule has 1 fully saturated rings. The van der Waals surface area contributed by atoms with Crippen LogP contribution in [-0.4, -0.2) is 31.7 Å². The van der Waals surface area contributed by atoms with E-state index in [0.29, 0.717) is 31.6 Å². The van der Waals surface area contributed by atoms with E-state index in [1.54, 1.807) is 0 Å². The molecule has 0 aliphatic carbocycles. The van der Waals surface area contributed by atoms with Gasteiger partial charge in [-0.3, -0.25) is 4.79 Å². The van der Waals surface area contributed by atoms with Gasteiger partial charge in [-0.05, 0) is 30.2 Å². The number of rotatable bonds is 6. The standard InChI is InChI=1S/C18H28N2O2.ClH/c1-13(2)16(14-6-4-3-5-7-14)12-20-18(21)17(19)15-8-10-22-11-9-15;/h3-7,13,15-17H,8-12,19H2,1-2H3,(H,20,21);1H. The minimum Gasteiger partial charge on any atom is -0.381 e. The fraction of sp³-hybridized carbons (Fsp3) is 0.611. The maximum atomic E-state index is 12.3. The summed E-state index contributed by atoms with van der Waals surface area (Å²) < 4.78 is 5.33. The predicted octanol–water partition coefficient (Wildman–Crippen LogP) is 2.72. The van der Waals surface area contributed by atoms with Gasteiger partial charge in [0.15, 0.2) is 0 Å². The van der Waals surface area contributed by atoms with Crippen molar-refractivity contribution < 1.29 is 9.53 Å². The van der Waals surface area contributed by atoms with Crippen molar-refractivity contribution in [2.45, 2.75) is 38.6 Å². The Balaban J connectivity index is 0.00000264. The Morgan fingerprint density at radius 3 is 2.43 bits per heavy atom. The quantitative estimate of drug-likeness (QED) is 0.836. The molecule has 0 saturated carbocycles. The Labute approximate surface area is 145 Å². The molecule has 2 unspecified atom stereocenters. The van der Waals surface area contributed by atoms with Crippen LogP contribution in [0.2, 0.25) is 0 Å². The highest BCUT2D eigenvalue weighted by molar-refractivity contribution is 5.85. The molecule has 1 heterocycles. The Bertz CT molecular complexity index is 461. The van der Waals surface area contributed by atoms with Gasteiger partial charge in [-0.15, -0.1) is 12.4 Å². The van der Waals surface area contributed by atoms with Gasteiger partial charge in [0.2, 0.25) is 5.91 Å². The average molecular weight is 341 g/mol. The minimum atomic E-state index is -0.424. The van der Waals surface area contributed by atoms with Gasteiger partial charge >= 0.3 is 0 Å². The van der Waals surface area contributed by atoms with Crippen molar-refractivity contribution in [3.8, 4) is 0 Å². The van der Waals surface area contributed by atoms with Crippen molar-refractivity contribution in [1.82, 2.24) is 5.32 Å². The Hall–Kier alpha value is -1.10. The maximum Gasteiger partial charge on any atom is 0.237 e. The molecule has 2 atom stereocenters. The summed E-state index contributed by atoms with van der Waals surface area (Å²) in [4.78, 5) is 12.3. The van der Waals surface area contributed by atoms with Gasteiger partial charge < -0.3 is 15.8 Å². The smallest absolute Gasteiger partial charge is 0.237 e. The van der Waals surface area contributed by atoms with Crippen LogP contribution in [0.5, 0.6) is 0 Å². The first-order valence-electron chi connectivity index (χ1n) is 8.25. The second-order valence-corrected chi connectivity index (χ2v) is 6.48. The summed E-state index contributed by atoms with van der Waals surface area (Å²) in [7, 11) is 0. The second-order valence-electron chi connectivity index (χ2n) is 6.48. The first-order valence-corrected chi connectivity index (χ1v) is 8.25. The van der Waals surface area contributed by atoms with Crippen LogP contribution in [0.25, 0.3) is 0 Å². The summed E-state index contributed by atoms with van der Waals surface area (Å²) in [5, 5.41) is 3.05. The lowest BCUT2D eigenvalue weighted by atomic mass is 9.88. The molecule has 23 heavy (non-hydrogen) atoms. The summed E-state index contributed by atoms with van der Waals surface area (Å²) in [6.45, 7) is 6.43. The van der Waals surface area contributed by atoms with Crippen LogP contribution in [-0.2, 0) is 9.53 Å².